The van der Waals surface area contributed by atoms with Crippen LogP contribution in [-0.4, -0.2) is 9.97 Å². The van der Waals surface area contributed by atoms with E-state index in [1.165, 1.54) is 0 Å². The van der Waals surface area contributed by atoms with Crippen molar-refractivity contribution in [3.63, 3.8) is 0 Å². The molecule has 1 spiro atoms. The summed E-state index contributed by atoms with van der Waals surface area (Å²) in [5.74, 6) is 1.13. The lowest BCUT2D eigenvalue weighted by molar-refractivity contribution is 0.411. The van der Waals surface area contributed by atoms with Crippen molar-refractivity contribution in [2.24, 2.45) is 0 Å². The van der Waals surface area contributed by atoms with Crippen LogP contribution in [0.1, 0.15) is 65.9 Å². The minimum Gasteiger partial charge on any atom is -0.440 e. The van der Waals surface area contributed by atoms with E-state index in [0.717, 1.165) is 78.6 Å². The first-order valence-electron chi connectivity index (χ1n) is 22.0. The Bertz CT molecular complexity index is 3620. The van der Waals surface area contributed by atoms with Crippen LogP contribution in [-0.2, 0) is 10.8 Å². The highest BCUT2D eigenvalue weighted by Gasteiger charge is 2.55. The van der Waals surface area contributed by atoms with Gasteiger partial charge in [-0.05, 0) is 118 Å². The molecule has 2 aliphatic carbocycles. The summed E-state index contributed by atoms with van der Waals surface area (Å²) in [4.78, 5) is 15.1. The zero-order chi connectivity index (χ0) is 44.9. The number of hydrogen-bond donors (Lipinski definition) is 0. The van der Waals surface area contributed by atoms with Crippen molar-refractivity contribution in [2.75, 3.05) is 9.80 Å². The molecule has 314 valence electrons. The van der Waals surface area contributed by atoms with E-state index < -0.39 is 10.8 Å². The number of nitriles is 2. The molecule has 12 rings (SSSR count). The summed E-state index contributed by atoms with van der Waals surface area (Å²) < 4.78 is 14.2. The van der Waals surface area contributed by atoms with Crippen LogP contribution in [0.2, 0.25) is 0 Å². The Morgan fingerprint density at radius 2 is 0.894 bits per heavy atom. The van der Waals surface area contributed by atoms with E-state index in [9.17, 15) is 10.5 Å². The number of rotatable bonds is 6. The van der Waals surface area contributed by atoms with Gasteiger partial charge >= 0.3 is 0 Å². The van der Waals surface area contributed by atoms with Gasteiger partial charge in [0.15, 0.2) is 17.1 Å². The van der Waals surface area contributed by atoms with Gasteiger partial charge in [-0.2, -0.15) is 10.5 Å². The smallest absolute Gasteiger partial charge is 0.200 e. The molecule has 8 aromatic carbocycles. The Labute approximate surface area is 381 Å². The summed E-state index contributed by atoms with van der Waals surface area (Å²) in [5.41, 5.74) is 16.2. The molecule has 0 fully saturated rings. The van der Waals surface area contributed by atoms with Gasteiger partial charge in [0, 0.05) is 46.2 Å². The maximum Gasteiger partial charge on any atom is 0.200 e. The van der Waals surface area contributed by atoms with E-state index in [1.807, 2.05) is 91.9 Å². The quantitative estimate of drug-likeness (QED) is 0.163. The fraction of sp³-hybridized carbons (Fsp3) is 0.103. The van der Waals surface area contributed by atoms with E-state index >= 15 is 0 Å². The third kappa shape index (κ3) is 5.55. The van der Waals surface area contributed by atoms with Crippen LogP contribution in [0, 0.1) is 29.6 Å². The van der Waals surface area contributed by atoms with E-state index in [4.69, 9.17) is 18.8 Å². The Morgan fingerprint density at radius 1 is 0.485 bits per heavy atom. The van der Waals surface area contributed by atoms with Crippen LogP contribution in [0.4, 0.5) is 34.1 Å². The summed E-state index contributed by atoms with van der Waals surface area (Å²) >= 11 is 0. The highest BCUT2D eigenvalue weighted by molar-refractivity contribution is 6.15. The van der Waals surface area contributed by atoms with Gasteiger partial charge in [-0.1, -0.05) is 106 Å². The van der Waals surface area contributed by atoms with Gasteiger partial charge in [0.25, 0.3) is 0 Å². The lowest BCUT2D eigenvalue weighted by Gasteiger charge is -2.33. The minimum atomic E-state index is -0.876. The maximum atomic E-state index is 9.86. The summed E-state index contributed by atoms with van der Waals surface area (Å²) in [7, 11) is 0. The molecule has 0 saturated carbocycles. The minimum absolute atomic E-state index is 0.444. The zero-order valence-electron chi connectivity index (χ0n) is 36.7. The van der Waals surface area contributed by atoms with Crippen LogP contribution in [0.25, 0.3) is 44.5 Å². The second-order valence-corrected chi connectivity index (χ2v) is 18.0. The molecule has 0 amide bonds. The number of anilines is 6. The number of fused-ring (bicyclic) bond motifs is 14. The molecule has 10 aromatic rings. The van der Waals surface area contributed by atoms with E-state index in [1.54, 1.807) is 0 Å². The topological polar surface area (TPSA) is 106 Å². The fourth-order valence-corrected chi connectivity index (χ4v) is 10.3. The molecule has 2 aliphatic rings. The van der Waals surface area contributed by atoms with Gasteiger partial charge in [-0.15, -0.1) is 0 Å². The third-order valence-electron chi connectivity index (χ3n) is 13.1. The first kappa shape index (κ1) is 38.9. The molecular formula is C58H40N6O2. The first-order chi connectivity index (χ1) is 32.2. The Hall–Kier alpha value is -8.72. The first-order valence-corrected chi connectivity index (χ1v) is 22.0. The monoisotopic (exact) mass is 852 g/mol. The van der Waals surface area contributed by atoms with E-state index in [0.29, 0.717) is 45.1 Å². The van der Waals surface area contributed by atoms with Crippen molar-refractivity contribution in [1.82, 2.24) is 9.97 Å². The lowest BCUT2D eigenvalue weighted by Crippen LogP contribution is -2.26. The van der Waals surface area contributed by atoms with Crippen LogP contribution in [0.5, 0.6) is 0 Å². The fourth-order valence-electron chi connectivity index (χ4n) is 10.3. The third-order valence-corrected chi connectivity index (χ3v) is 13.1. The van der Waals surface area contributed by atoms with Crippen molar-refractivity contribution < 1.29 is 8.83 Å². The summed E-state index contributed by atoms with van der Waals surface area (Å²) in [5, 5.41) is 19.7. The number of para-hydroxylation sites is 2. The van der Waals surface area contributed by atoms with Gasteiger partial charge < -0.3 is 18.6 Å². The average molecular weight is 853 g/mol. The maximum absolute atomic E-state index is 9.86. The summed E-state index contributed by atoms with van der Waals surface area (Å²) in [6.07, 6.45) is 0. The van der Waals surface area contributed by atoms with Crippen LogP contribution < -0.4 is 9.80 Å². The van der Waals surface area contributed by atoms with E-state index in [2.05, 4.69) is 128 Å². The largest absolute Gasteiger partial charge is 0.440 e. The van der Waals surface area contributed by atoms with Crippen LogP contribution in [0.15, 0.2) is 179 Å². The molecule has 2 aromatic heterocycles. The predicted molar refractivity (Wildman–Crippen MR) is 260 cm³/mol. The number of aromatic nitrogens is 2. The molecule has 0 unspecified atom stereocenters. The Balaban J connectivity index is 1.27. The van der Waals surface area contributed by atoms with Crippen LogP contribution >= 0.6 is 0 Å². The number of benzene rings is 8. The number of aryl methyl sites for hydroxylation is 1. The molecular weight excluding hydrogens is 813 g/mol. The molecule has 0 aliphatic heterocycles. The normalized spacial score (nSPS) is 12.9. The van der Waals surface area contributed by atoms with E-state index in [-0.39, 0.29) is 0 Å². The highest BCUT2D eigenvalue weighted by Crippen LogP contribution is 2.67. The average Bonchev–Trinajstić information content (AvgIpc) is 4.12. The highest BCUT2D eigenvalue weighted by atomic mass is 16.4. The number of hydrogen-bond acceptors (Lipinski definition) is 8. The zero-order valence-corrected chi connectivity index (χ0v) is 36.7. The number of oxazole rings is 2. The number of nitrogens with zero attached hydrogens (tertiary/aromatic N) is 6. The Morgan fingerprint density at radius 3 is 1.35 bits per heavy atom. The Kier molecular flexibility index (Phi) is 8.49. The molecule has 0 bridgehead atoms. The summed E-state index contributed by atoms with van der Waals surface area (Å²) in [6.45, 7) is 8.27. The summed E-state index contributed by atoms with van der Waals surface area (Å²) in [6, 6.07) is 62.6. The second-order valence-electron chi connectivity index (χ2n) is 18.0. The molecule has 0 radical (unpaired) electrons. The molecule has 0 N–H and O–H groups in total. The standard InChI is InChI=1S/C58H40N6O2/c1-35-61-52-48(63(38-15-7-5-8-16-38)40-27-23-36(33-59)24-28-40)31-46-50(54(52)65-35)51-47(58(46)44-21-13-11-19-42(44)43-20-12-14-22-45(43)58)32-49(53-55(51)66-56(62-53)57(2,3)4)64(39-17-9-6-10-18-39)41-29-25-37(34-60)26-30-41/h5-32H,1-4H3. The van der Waals surface area contributed by atoms with Crippen LogP contribution in [0.3, 0.4) is 0 Å². The molecule has 2 heterocycles. The van der Waals surface area contributed by atoms with Gasteiger partial charge in [0.2, 0.25) is 5.89 Å². The predicted octanol–water partition coefficient (Wildman–Crippen LogP) is 14.6. The van der Waals surface area contributed by atoms with Crippen molar-refractivity contribution in [3.8, 4) is 34.4 Å². The van der Waals surface area contributed by atoms with Gasteiger partial charge in [-0.25, -0.2) is 9.97 Å². The van der Waals surface area contributed by atoms with Crippen molar-refractivity contribution >= 4 is 56.3 Å². The van der Waals surface area contributed by atoms with Crippen molar-refractivity contribution in [2.45, 2.75) is 38.5 Å². The molecule has 8 heteroatoms. The SMILES string of the molecule is Cc1nc2c(N(c3ccccc3)c3ccc(C#N)cc3)cc3c(c2o1)-c1c(cc(N(c2ccccc2)c2ccc(C#N)cc2)c2nc(C(C)(C)C)oc12)C31c2ccccc2-c2ccccc21. The molecule has 0 atom stereocenters. The van der Waals surface area contributed by atoms with Gasteiger partial charge in [0.1, 0.15) is 11.0 Å². The molecule has 8 nitrogen and oxygen atoms in total. The molecule has 0 saturated heterocycles. The molecule has 66 heavy (non-hydrogen) atoms. The van der Waals surface area contributed by atoms with Crippen molar-refractivity contribution in [1.29, 1.82) is 10.5 Å². The van der Waals surface area contributed by atoms with Crippen molar-refractivity contribution in [3.05, 3.63) is 215 Å². The van der Waals surface area contributed by atoms with Gasteiger partial charge in [-0.3, -0.25) is 0 Å². The lowest BCUT2D eigenvalue weighted by atomic mass is 9.70. The van der Waals surface area contributed by atoms with Gasteiger partial charge in [0.05, 0.1) is 40.1 Å². The second kappa shape index (κ2) is 14.4.